The van der Waals surface area contributed by atoms with Crippen LogP contribution in [0.25, 0.3) is 0 Å². The fourth-order valence-electron chi connectivity index (χ4n) is 2.77. The van der Waals surface area contributed by atoms with Gasteiger partial charge in [0.2, 0.25) is 5.91 Å². The molecule has 1 amide bonds. The summed E-state index contributed by atoms with van der Waals surface area (Å²) in [5, 5.41) is 7.07. The predicted molar refractivity (Wildman–Crippen MR) is 100 cm³/mol. The van der Waals surface area contributed by atoms with Crippen LogP contribution in [-0.2, 0) is 4.79 Å². The molecule has 130 valence electrons. The van der Waals surface area contributed by atoms with Gasteiger partial charge in [0.1, 0.15) is 0 Å². The smallest absolute Gasteiger partial charge is 0.238 e. The van der Waals surface area contributed by atoms with E-state index in [1.165, 1.54) is 6.42 Å². The summed E-state index contributed by atoms with van der Waals surface area (Å²) in [6, 6.07) is 5.08. The lowest BCUT2D eigenvalue weighted by molar-refractivity contribution is -0.117. The Morgan fingerprint density at radius 3 is 2.61 bits per heavy atom. The Balaban J connectivity index is 0.00000264. The lowest BCUT2D eigenvalue weighted by Crippen LogP contribution is -2.39. The van der Waals surface area contributed by atoms with Gasteiger partial charge in [-0.2, -0.15) is 0 Å². The summed E-state index contributed by atoms with van der Waals surface area (Å²) in [6.07, 6.45) is 3.55. The molecule has 0 unspecified atom stereocenters. The van der Waals surface area contributed by atoms with Gasteiger partial charge >= 0.3 is 0 Å². The quantitative estimate of drug-likeness (QED) is 0.791. The van der Waals surface area contributed by atoms with Crippen molar-refractivity contribution in [2.75, 3.05) is 38.5 Å². The molecule has 0 radical (unpaired) electrons. The Hall–Kier alpha value is -0.520. The zero-order valence-electron chi connectivity index (χ0n) is 13.3. The van der Waals surface area contributed by atoms with Gasteiger partial charge < -0.3 is 10.6 Å². The number of likely N-dealkylation sites (tertiary alicyclic amines) is 1. The first-order valence-corrected chi connectivity index (χ1v) is 8.46. The molecule has 4 nitrogen and oxygen atoms in total. The van der Waals surface area contributed by atoms with Gasteiger partial charge in [-0.1, -0.05) is 23.2 Å². The van der Waals surface area contributed by atoms with Gasteiger partial charge in [-0.05, 0) is 70.1 Å². The van der Waals surface area contributed by atoms with Crippen LogP contribution in [0, 0.1) is 5.92 Å². The second-order valence-electron chi connectivity index (χ2n) is 5.78. The zero-order valence-corrected chi connectivity index (χ0v) is 15.6. The minimum atomic E-state index is -0.0297. The maximum Gasteiger partial charge on any atom is 0.238 e. The minimum absolute atomic E-state index is 0. The number of nitrogens with zero attached hydrogens (tertiary/aromatic N) is 1. The van der Waals surface area contributed by atoms with E-state index in [9.17, 15) is 4.79 Å². The zero-order chi connectivity index (χ0) is 15.9. The average molecular weight is 381 g/mol. The molecule has 23 heavy (non-hydrogen) atoms. The van der Waals surface area contributed by atoms with Crippen molar-refractivity contribution >= 4 is 47.2 Å². The van der Waals surface area contributed by atoms with Crippen LogP contribution in [0.4, 0.5) is 5.69 Å². The highest BCUT2D eigenvalue weighted by atomic mass is 35.5. The number of piperidine rings is 1. The summed E-state index contributed by atoms with van der Waals surface area (Å²) >= 11 is 11.9. The lowest BCUT2D eigenvalue weighted by Gasteiger charge is -2.31. The molecule has 0 spiro atoms. The third kappa shape index (κ3) is 6.86. The molecule has 1 aromatic rings. The van der Waals surface area contributed by atoms with Gasteiger partial charge in [0.15, 0.2) is 0 Å². The summed E-state index contributed by atoms with van der Waals surface area (Å²) in [5.41, 5.74) is 0.611. The number of carbonyl (C=O) groups is 1. The molecule has 1 saturated heterocycles. The molecule has 0 aliphatic carbocycles. The van der Waals surface area contributed by atoms with Gasteiger partial charge in [-0.25, -0.2) is 0 Å². The number of carbonyl (C=O) groups excluding carboxylic acids is 1. The van der Waals surface area contributed by atoms with Crippen molar-refractivity contribution in [3.8, 4) is 0 Å². The van der Waals surface area contributed by atoms with Gasteiger partial charge in [0.25, 0.3) is 0 Å². The Kier molecular flexibility index (Phi) is 9.25. The molecule has 2 N–H and O–H groups in total. The first-order chi connectivity index (χ1) is 10.6. The summed E-state index contributed by atoms with van der Waals surface area (Å²) in [4.78, 5) is 14.3. The van der Waals surface area contributed by atoms with Crippen LogP contribution in [0.2, 0.25) is 10.0 Å². The van der Waals surface area contributed by atoms with Crippen molar-refractivity contribution in [2.24, 2.45) is 5.92 Å². The molecular weight excluding hydrogens is 357 g/mol. The SMILES string of the molecule is CNCCC1CCN(CC(=O)Nc2ccc(Cl)cc2Cl)CC1.Cl. The molecular formula is C16H24Cl3N3O. The highest BCUT2D eigenvalue weighted by Gasteiger charge is 2.20. The third-order valence-corrected chi connectivity index (χ3v) is 4.63. The van der Waals surface area contributed by atoms with Crippen LogP contribution >= 0.6 is 35.6 Å². The molecule has 1 heterocycles. The van der Waals surface area contributed by atoms with Gasteiger partial charge in [-0.15, -0.1) is 12.4 Å². The summed E-state index contributed by atoms with van der Waals surface area (Å²) < 4.78 is 0. The number of rotatable bonds is 6. The van der Waals surface area contributed by atoms with Crippen molar-refractivity contribution in [1.29, 1.82) is 0 Å². The van der Waals surface area contributed by atoms with Crippen molar-refractivity contribution < 1.29 is 4.79 Å². The first-order valence-electron chi connectivity index (χ1n) is 7.70. The van der Waals surface area contributed by atoms with E-state index in [1.54, 1.807) is 18.2 Å². The highest BCUT2D eigenvalue weighted by Crippen LogP contribution is 2.25. The number of halogens is 3. The Labute approximate surface area is 154 Å². The summed E-state index contributed by atoms with van der Waals surface area (Å²) in [5.74, 6) is 0.746. The van der Waals surface area contributed by atoms with Crippen LogP contribution in [0.1, 0.15) is 19.3 Å². The van der Waals surface area contributed by atoms with Crippen molar-refractivity contribution in [3.63, 3.8) is 0 Å². The topological polar surface area (TPSA) is 44.4 Å². The summed E-state index contributed by atoms with van der Waals surface area (Å²) in [7, 11) is 1.99. The highest BCUT2D eigenvalue weighted by molar-refractivity contribution is 6.36. The molecule has 1 aromatic carbocycles. The van der Waals surface area contributed by atoms with Gasteiger partial charge in [-0.3, -0.25) is 9.69 Å². The molecule has 1 fully saturated rings. The summed E-state index contributed by atoms with van der Waals surface area (Å²) in [6.45, 7) is 3.45. The second-order valence-corrected chi connectivity index (χ2v) is 6.63. The largest absolute Gasteiger partial charge is 0.324 e. The van der Waals surface area contributed by atoms with Crippen molar-refractivity contribution in [2.45, 2.75) is 19.3 Å². The number of nitrogens with one attached hydrogen (secondary N) is 2. The van der Waals surface area contributed by atoms with Gasteiger partial charge in [0, 0.05) is 5.02 Å². The normalized spacial score (nSPS) is 16.0. The van der Waals surface area contributed by atoms with Gasteiger partial charge in [0.05, 0.1) is 17.3 Å². The van der Waals surface area contributed by atoms with E-state index in [2.05, 4.69) is 15.5 Å². The van der Waals surface area contributed by atoms with E-state index in [4.69, 9.17) is 23.2 Å². The molecule has 1 aliphatic heterocycles. The van der Waals surface area contributed by atoms with E-state index in [-0.39, 0.29) is 18.3 Å². The maximum absolute atomic E-state index is 12.1. The van der Waals surface area contributed by atoms with Crippen LogP contribution in [0.5, 0.6) is 0 Å². The Morgan fingerprint density at radius 2 is 2.00 bits per heavy atom. The van der Waals surface area contributed by atoms with Crippen LogP contribution in [0.3, 0.4) is 0 Å². The third-order valence-electron chi connectivity index (χ3n) is 4.08. The first kappa shape index (κ1) is 20.5. The molecule has 2 rings (SSSR count). The van der Waals surface area contributed by atoms with E-state index >= 15 is 0 Å². The second kappa shape index (κ2) is 10.4. The standard InChI is InChI=1S/C16H23Cl2N3O.ClH/c1-19-7-4-12-5-8-21(9-6-12)11-16(22)20-15-3-2-13(17)10-14(15)18;/h2-3,10,12,19H,4-9,11H2,1H3,(H,20,22);1H. The Morgan fingerprint density at radius 1 is 1.30 bits per heavy atom. The Bertz CT molecular complexity index is 505. The van der Waals surface area contributed by atoms with E-state index in [0.29, 0.717) is 22.3 Å². The lowest BCUT2D eigenvalue weighted by atomic mass is 9.93. The fourth-order valence-corrected chi connectivity index (χ4v) is 3.22. The maximum atomic E-state index is 12.1. The molecule has 0 aromatic heterocycles. The van der Waals surface area contributed by atoms with E-state index < -0.39 is 0 Å². The van der Waals surface area contributed by atoms with Crippen LogP contribution < -0.4 is 10.6 Å². The molecule has 0 atom stereocenters. The number of benzene rings is 1. The number of amides is 1. The molecule has 0 saturated carbocycles. The van der Waals surface area contributed by atoms with Crippen LogP contribution in [0.15, 0.2) is 18.2 Å². The van der Waals surface area contributed by atoms with E-state index in [1.807, 2.05) is 7.05 Å². The monoisotopic (exact) mass is 379 g/mol. The van der Waals surface area contributed by atoms with Crippen molar-refractivity contribution in [1.82, 2.24) is 10.2 Å². The number of anilines is 1. The van der Waals surface area contributed by atoms with E-state index in [0.717, 1.165) is 38.4 Å². The fraction of sp³-hybridized carbons (Fsp3) is 0.562. The molecule has 0 bridgehead atoms. The minimum Gasteiger partial charge on any atom is -0.324 e. The van der Waals surface area contributed by atoms with Crippen molar-refractivity contribution in [3.05, 3.63) is 28.2 Å². The number of hydrogen-bond acceptors (Lipinski definition) is 3. The molecule has 1 aliphatic rings. The average Bonchev–Trinajstić information content (AvgIpc) is 2.49. The number of hydrogen-bond donors (Lipinski definition) is 2. The molecule has 7 heteroatoms. The predicted octanol–water partition coefficient (Wildman–Crippen LogP) is 3.68. The van der Waals surface area contributed by atoms with Crippen LogP contribution in [-0.4, -0.2) is 44.0 Å².